The molecule has 0 bridgehead atoms. The standard InChI is InChI=1S/C19H24N6O2/c1-14-4-5-16(20-13-14)21-17-6-7-18(23-22-17)24-8-10-25(11-9-24)19(26)15-3-2-12-27-15/h4-7,13,15H,2-3,8-12H2,1H3,(H,20,21,22). The lowest BCUT2D eigenvalue weighted by molar-refractivity contribution is -0.141. The molecule has 2 fully saturated rings. The maximum Gasteiger partial charge on any atom is 0.251 e. The van der Waals surface area contributed by atoms with Crippen LogP contribution in [0.5, 0.6) is 0 Å². The summed E-state index contributed by atoms with van der Waals surface area (Å²) < 4.78 is 5.51. The summed E-state index contributed by atoms with van der Waals surface area (Å²) >= 11 is 0. The molecule has 0 radical (unpaired) electrons. The van der Waals surface area contributed by atoms with E-state index in [1.807, 2.05) is 42.3 Å². The monoisotopic (exact) mass is 368 g/mol. The fraction of sp³-hybridized carbons (Fsp3) is 0.474. The molecule has 1 amide bonds. The van der Waals surface area contributed by atoms with Crippen molar-refractivity contribution in [1.29, 1.82) is 0 Å². The highest BCUT2D eigenvalue weighted by Crippen LogP contribution is 2.19. The second kappa shape index (κ2) is 7.87. The Morgan fingerprint density at radius 1 is 1.11 bits per heavy atom. The molecule has 2 aromatic rings. The minimum atomic E-state index is -0.239. The van der Waals surface area contributed by atoms with Crippen LogP contribution >= 0.6 is 0 Å². The van der Waals surface area contributed by atoms with Gasteiger partial charge in [-0.1, -0.05) is 6.07 Å². The summed E-state index contributed by atoms with van der Waals surface area (Å²) in [5, 5.41) is 11.7. The number of nitrogens with zero attached hydrogens (tertiary/aromatic N) is 5. The summed E-state index contributed by atoms with van der Waals surface area (Å²) in [6, 6.07) is 7.75. The smallest absolute Gasteiger partial charge is 0.251 e. The van der Waals surface area contributed by atoms with Crippen molar-refractivity contribution in [3.8, 4) is 0 Å². The number of pyridine rings is 1. The molecule has 8 heteroatoms. The van der Waals surface area contributed by atoms with Gasteiger partial charge in [0, 0.05) is 39.0 Å². The van der Waals surface area contributed by atoms with Crippen LogP contribution in [-0.4, -0.2) is 64.9 Å². The third-order valence-corrected chi connectivity index (χ3v) is 4.94. The van der Waals surface area contributed by atoms with Gasteiger partial charge in [0.1, 0.15) is 11.9 Å². The molecule has 27 heavy (non-hydrogen) atoms. The van der Waals surface area contributed by atoms with Crippen LogP contribution in [0.15, 0.2) is 30.5 Å². The van der Waals surface area contributed by atoms with E-state index in [0.29, 0.717) is 25.5 Å². The van der Waals surface area contributed by atoms with E-state index in [1.165, 1.54) is 0 Å². The maximum absolute atomic E-state index is 12.4. The third kappa shape index (κ3) is 4.16. The van der Waals surface area contributed by atoms with Gasteiger partial charge < -0.3 is 19.9 Å². The van der Waals surface area contributed by atoms with Gasteiger partial charge in [-0.2, -0.15) is 0 Å². The topological polar surface area (TPSA) is 83.5 Å². The van der Waals surface area contributed by atoms with Crippen molar-refractivity contribution in [3.05, 3.63) is 36.0 Å². The Balaban J connectivity index is 1.32. The predicted molar refractivity (Wildman–Crippen MR) is 102 cm³/mol. The van der Waals surface area contributed by atoms with Crippen LogP contribution in [0.4, 0.5) is 17.5 Å². The van der Waals surface area contributed by atoms with Crippen LogP contribution < -0.4 is 10.2 Å². The second-order valence-corrected chi connectivity index (χ2v) is 6.94. The number of rotatable bonds is 4. The lowest BCUT2D eigenvalue weighted by atomic mass is 10.2. The fourth-order valence-electron chi connectivity index (χ4n) is 3.37. The molecular formula is C19H24N6O2. The molecule has 0 saturated carbocycles. The molecule has 0 spiro atoms. The van der Waals surface area contributed by atoms with Gasteiger partial charge in [-0.3, -0.25) is 4.79 Å². The number of carbonyl (C=O) groups excluding carboxylic acids is 1. The number of amides is 1. The Hall–Kier alpha value is -2.74. The van der Waals surface area contributed by atoms with Crippen LogP contribution in [0, 0.1) is 6.92 Å². The first kappa shape index (κ1) is 17.7. The van der Waals surface area contributed by atoms with Gasteiger partial charge in [0.15, 0.2) is 11.6 Å². The van der Waals surface area contributed by atoms with E-state index in [-0.39, 0.29) is 12.0 Å². The molecule has 2 aliphatic heterocycles. The number of aromatic nitrogens is 3. The van der Waals surface area contributed by atoms with Gasteiger partial charge in [0.2, 0.25) is 0 Å². The first-order valence-electron chi connectivity index (χ1n) is 9.38. The van der Waals surface area contributed by atoms with Crippen molar-refractivity contribution in [1.82, 2.24) is 20.1 Å². The van der Waals surface area contributed by atoms with Gasteiger partial charge in [0.05, 0.1) is 0 Å². The Bertz CT molecular complexity index is 766. The summed E-state index contributed by atoms with van der Waals surface area (Å²) in [6.45, 7) is 5.57. The molecule has 1 N–H and O–H groups in total. The van der Waals surface area contributed by atoms with E-state index in [4.69, 9.17) is 4.74 Å². The first-order chi connectivity index (χ1) is 13.2. The van der Waals surface area contributed by atoms with Gasteiger partial charge in [-0.05, 0) is 43.5 Å². The summed E-state index contributed by atoms with van der Waals surface area (Å²) in [5.74, 6) is 2.34. The molecule has 1 unspecified atom stereocenters. The van der Waals surface area contributed by atoms with E-state index in [0.717, 1.165) is 43.1 Å². The number of anilines is 3. The third-order valence-electron chi connectivity index (χ3n) is 4.94. The summed E-state index contributed by atoms with van der Waals surface area (Å²) in [6.07, 6.45) is 3.39. The van der Waals surface area contributed by atoms with Gasteiger partial charge in [-0.25, -0.2) is 4.98 Å². The Labute approximate surface area is 158 Å². The van der Waals surface area contributed by atoms with Crippen LogP contribution in [0.2, 0.25) is 0 Å². The molecule has 8 nitrogen and oxygen atoms in total. The second-order valence-electron chi connectivity index (χ2n) is 6.94. The highest BCUT2D eigenvalue weighted by Gasteiger charge is 2.30. The molecular weight excluding hydrogens is 344 g/mol. The van der Waals surface area contributed by atoms with E-state index in [1.54, 1.807) is 0 Å². The van der Waals surface area contributed by atoms with Crippen LogP contribution in [-0.2, 0) is 9.53 Å². The number of hydrogen-bond donors (Lipinski definition) is 1. The van der Waals surface area contributed by atoms with Crippen molar-refractivity contribution in [2.75, 3.05) is 43.0 Å². The molecule has 0 aromatic carbocycles. The van der Waals surface area contributed by atoms with E-state index in [2.05, 4.69) is 25.4 Å². The average Bonchev–Trinajstić information content (AvgIpc) is 3.25. The van der Waals surface area contributed by atoms with E-state index in [9.17, 15) is 4.79 Å². The number of nitrogens with one attached hydrogen (secondary N) is 1. The minimum Gasteiger partial charge on any atom is -0.368 e. The number of aryl methyl sites for hydroxylation is 1. The number of piperazine rings is 1. The average molecular weight is 368 g/mol. The van der Waals surface area contributed by atoms with Gasteiger partial charge in [0.25, 0.3) is 5.91 Å². The van der Waals surface area contributed by atoms with Gasteiger partial charge in [-0.15, -0.1) is 10.2 Å². The summed E-state index contributed by atoms with van der Waals surface area (Å²) in [5.41, 5.74) is 1.11. The molecule has 2 aromatic heterocycles. The molecule has 1 atom stereocenters. The maximum atomic E-state index is 12.4. The molecule has 2 aliphatic rings. The largest absolute Gasteiger partial charge is 0.368 e. The molecule has 4 rings (SSSR count). The quantitative estimate of drug-likeness (QED) is 0.880. The van der Waals surface area contributed by atoms with Crippen LogP contribution in [0.1, 0.15) is 18.4 Å². The molecule has 2 saturated heterocycles. The number of hydrogen-bond acceptors (Lipinski definition) is 7. The van der Waals surface area contributed by atoms with E-state index < -0.39 is 0 Å². The highest BCUT2D eigenvalue weighted by atomic mass is 16.5. The Morgan fingerprint density at radius 2 is 1.93 bits per heavy atom. The molecule has 0 aliphatic carbocycles. The van der Waals surface area contributed by atoms with Crippen molar-refractivity contribution in [2.45, 2.75) is 25.9 Å². The Morgan fingerprint density at radius 3 is 2.56 bits per heavy atom. The lowest BCUT2D eigenvalue weighted by Crippen LogP contribution is -2.51. The number of carbonyl (C=O) groups is 1. The zero-order valence-corrected chi connectivity index (χ0v) is 15.5. The van der Waals surface area contributed by atoms with Crippen molar-refractivity contribution >= 4 is 23.4 Å². The molecule has 4 heterocycles. The van der Waals surface area contributed by atoms with Crippen LogP contribution in [0.25, 0.3) is 0 Å². The van der Waals surface area contributed by atoms with Crippen molar-refractivity contribution in [2.24, 2.45) is 0 Å². The van der Waals surface area contributed by atoms with Crippen molar-refractivity contribution < 1.29 is 9.53 Å². The van der Waals surface area contributed by atoms with Crippen LogP contribution in [0.3, 0.4) is 0 Å². The zero-order valence-electron chi connectivity index (χ0n) is 15.5. The minimum absolute atomic E-state index is 0.128. The van der Waals surface area contributed by atoms with Crippen molar-refractivity contribution in [3.63, 3.8) is 0 Å². The summed E-state index contributed by atoms with van der Waals surface area (Å²) in [4.78, 5) is 20.8. The zero-order chi connectivity index (χ0) is 18.6. The lowest BCUT2D eigenvalue weighted by Gasteiger charge is -2.36. The normalized spacial score (nSPS) is 20.0. The SMILES string of the molecule is Cc1ccc(Nc2ccc(N3CCN(C(=O)C4CCCO4)CC3)nn2)nc1. The molecule has 142 valence electrons. The Kier molecular flexibility index (Phi) is 5.15. The highest BCUT2D eigenvalue weighted by molar-refractivity contribution is 5.81. The van der Waals surface area contributed by atoms with E-state index >= 15 is 0 Å². The first-order valence-corrected chi connectivity index (χ1v) is 9.38. The van der Waals surface area contributed by atoms with Gasteiger partial charge >= 0.3 is 0 Å². The number of ether oxygens (including phenoxy) is 1. The predicted octanol–water partition coefficient (Wildman–Crippen LogP) is 1.75. The fourth-order valence-corrected chi connectivity index (χ4v) is 3.37. The summed E-state index contributed by atoms with van der Waals surface area (Å²) in [7, 11) is 0.